The normalized spacial score (nSPS) is 16.2. The molecule has 0 aromatic carbocycles. The van der Waals surface area contributed by atoms with Gasteiger partial charge in [0.2, 0.25) is 0 Å². The summed E-state index contributed by atoms with van der Waals surface area (Å²) in [5.74, 6) is -1.23. The molecule has 0 heterocycles. The van der Waals surface area contributed by atoms with Gasteiger partial charge in [-0.1, -0.05) is 20.8 Å². The topological polar surface area (TPSA) is 63.6 Å². The molecule has 0 saturated carbocycles. The predicted octanol–water partition coefficient (Wildman–Crippen LogP) is 2.32. The minimum absolute atomic E-state index is 0.0214. The lowest BCUT2D eigenvalue weighted by atomic mass is 9.81. The molecule has 4 nitrogen and oxygen atoms in total. The van der Waals surface area contributed by atoms with Gasteiger partial charge in [-0.15, -0.1) is 0 Å². The highest BCUT2D eigenvalue weighted by Crippen LogP contribution is 2.26. The Kier molecular flexibility index (Phi) is 6.77. The van der Waals surface area contributed by atoms with Gasteiger partial charge in [0, 0.05) is 6.42 Å². The van der Waals surface area contributed by atoms with E-state index in [0.29, 0.717) is 13.0 Å². The highest BCUT2D eigenvalue weighted by atomic mass is 16.5. The second-order valence-corrected chi connectivity index (χ2v) is 4.20. The van der Waals surface area contributed by atoms with Crippen molar-refractivity contribution in [1.29, 1.82) is 0 Å². The molecule has 0 aromatic rings. The molecule has 3 atom stereocenters. The number of aliphatic carboxylic acids is 1. The van der Waals surface area contributed by atoms with Gasteiger partial charge in [0.1, 0.15) is 0 Å². The number of carbonyl (C=O) groups excluding carboxylic acids is 1. The Morgan fingerprint density at radius 1 is 1.25 bits per heavy atom. The Morgan fingerprint density at radius 3 is 2.19 bits per heavy atom. The highest BCUT2D eigenvalue weighted by Gasteiger charge is 2.29. The second kappa shape index (κ2) is 7.25. The van der Waals surface area contributed by atoms with Crippen molar-refractivity contribution in [2.75, 3.05) is 6.61 Å². The van der Waals surface area contributed by atoms with Gasteiger partial charge in [0.25, 0.3) is 0 Å². The van der Waals surface area contributed by atoms with Gasteiger partial charge in [-0.2, -0.15) is 0 Å². The van der Waals surface area contributed by atoms with E-state index in [1.165, 1.54) is 0 Å². The fraction of sp³-hybridized carbons (Fsp3) is 0.833. The molecule has 0 aliphatic carbocycles. The lowest BCUT2D eigenvalue weighted by Gasteiger charge is -2.25. The van der Waals surface area contributed by atoms with Gasteiger partial charge >= 0.3 is 11.9 Å². The molecule has 94 valence electrons. The molecule has 0 fully saturated rings. The van der Waals surface area contributed by atoms with Gasteiger partial charge < -0.3 is 9.84 Å². The maximum Gasteiger partial charge on any atom is 0.309 e. The summed E-state index contributed by atoms with van der Waals surface area (Å²) in [6.07, 6.45) is 0.779. The van der Waals surface area contributed by atoms with Crippen LogP contribution >= 0.6 is 0 Å². The molecule has 0 aliphatic heterocycles. The summed E-state index contributed by atoms with van der Waals surface area (Å²) in [6.45, 7) is 7.84. The quantitative estimate of drug-likeness (QED) is 0.682. The Bertz CT molecular complexity index is 237. The second-order valence-electron chi connectivity index (χ2n) is 4.20. The summed E-state index contributed by atoms with van der Waals surface area (Å²) in [6, 6.07) is 0. The average molecular weight is 230 g/mol. The summed E-state index contributed by atoms with van der Waals surface area (Å²) < 4.78 is 4.98. The predicted molar refractivity (Wildman–Crippen MR) is 61.0 cm³/mol. The first kappa shape index (κ1) is 14.9. The molecule has 1 N–H and O–H groups in total. The molecule has 0 rings (SSSR count). The van der Waals surface area contributed by atoms with Crippen LogP contribution in [0.3, 0.4) is 0 Å². The van der Waals surface area contributed by atoms with E-state index in [1.807, 2.05) is 20.8 Å². The number of hydrogen-bond acceptors (Lipinski definition) is 3. The van der Waals surface area contributed by atoms with Crippen molar-refractivity contribution in [2.45, 2.75) is 40.5 Å². The van der Waals surface area contributed by atoms with Crippen LogP contribution in [-0.4, -0.2) is 23.7 Å². The molecule has 0 amide bonds. The van der Waals surface area contributed by atoms with Crippen molar-refractivity contribution < 1.29 is 19.4 Å². The zero-order valence-corrected chi connectivity index (χ0v) is 10.5. The minimum atomic E-state index is -0.821. The van der Waals surface area contributed by atoms with Crippen molar-refractivity contribution in [1.82, 2.24) is 0 Å². The molecular formula is C12H22O4. The summed E-state index contributed by atoms with van der Waals surface area (Å²) in [5.41, 5.74) is 0. The first-order valence-electron chi connectivity index (χ1n) is 5.82. The van der Waals surface area contributed by atoms with Gasteiger partial charge in [0.05, 0.1) is 12.5 Å². The largest absolute Gasteiger partial charge is 0.481 e. The standard InChI is InChI=1S/C12H22O4/c1-5-10(12(15)16-6-2)9(4)8(3)7-11(13)14/h8-10H,5-7H2,1-4H3,(H,13,14). The number of ether oxygens (including phenoxy) is 1. The van der Waals surface area contributed by atoms with E-state index < -0.39 is 5.97 Å². The first-order chi connectivity index (χ1) is 7.43. The van der Waals surface area contributed by atoms with Crippen LogP contribution in [0.15, 0.2) is 0 Å². The summed E-state index contributed by atoms with van der Waals surface area (Å²) in [5, 5.41) is 8.71. The number of esters is 1. The number of rotatable bonds is 7. The lowest BCUT2D eigenvalue weighted by molar-refractivity contribution is -0.151. The molecule has 0 spiro atoms. The zero-order valence-electron chi connectivity index (χ0n) is 10.5. The maximum absolute atomic E-state index is 11.6. The third-order valence-corrected chi connectivity index (χ3v) is 3.06. The van der Waals surface area contributed by atoms with Crippen LogP contribution in [0, 0.1) is 17.8 Å². The maximum atomic E-state index is 11.6. The third kappa shape index (κ3) is 4.64. The molecule has 0 bridgehead atoms. The van der Waals surface area contributed by atoms with Crippen molar-refractivity contribution in [2.24, 2.45) is 17.8 Å². The van der Waals surface area contributed by atoms with Gasteiger partial charge in [-0.3, -0.25) is 9.59 Å². The Balaban J connectivity index is 4.44. The summed E-state index contributed by atoms with van der Waals surface area (Å²) >= 11 is 0. The van der Waals surface area contributed by atoms with Crippen LogP contribution in [0.1, 0.15) is 40.5 Å². The van der Waals surface area contributed by atoms with Crippen molar-refractivity contribution in [3.63, 3.8) is 0 Å². The van der Waals surface area contributed by atoms with Crippen LogP contribution in [-0.2, 0) is 14.3 Å². The average Bonchev–Trinajstić information content (AvgIpc) is 2.17. The van der Waals surface area contributed by atoms with Gasteiger partial charge in [-0.05, 0) is 25.2 Å². The molecule has 16 heavy (non-hydrogen) atoms. The van der Waals surface area contributed by atoms with Crippen molar-refractivity contribution >= 4 is 11.9 Å². The van der Waals surface area contributed by atoms with Crippen molar-refractivity contribution in [3.05, 3.63) is 0 Å². The fourth-order valence-corrected chi connectivity index (χ4v) is 1.86. The van der Waals surface area contributed by atoms with E-state index in [-0.39, 0.29) is 30.1 Å². The van der Waals surface area contributed by atoms with Gasteiger partial charge in [0.15, 0.2) is 0 Å². The SMILES string of the molecule is CCOC(=O)C(CC)C(C)C(C)CC(=O)O. The molecule has 0 aliphatic rings. The van der Waals surface area contributed by atoms with Gasteiger partial charge in [-0.25, -0.2) is 0 Å². The van der Waals surface area contributed by atoms with Crippen LogP contribution in [0.4, 0.5) is 0 Å². The third-order valence-electron chi connectivity index (χ3n) is 3.06. The summed E-state index contributed by atoms with van der Waals surface area (Å²) in [4.78, 5) is 22.2. The van der Waals surface area contributed by atoms with E-state index in [4.69, 9.17) is 9.84 Å². The van der Waals surface area contributed by atoms with Crippen molar-refractivity contribution in [3.8, 4) is 0 Å². The molecule has 0 radical (unpaired) electrons. The van der Waals surface area contributed by atoms with Crippen LogP contribution in [0.5, 0.6) is 0 Å². The van der Waals surface area contributed by atoms with E-state index in [0.717, 1.165) is 0 Å². The Hall–Kier alpha value is -1.06. The molecule has 0 saturated heterocycles. The fourth-order valence-electron chi connectivity index (χ4n) is 1.86. The molecule has 0 aromatic heterocycles. The Morgan fingerprint density at radius 2 is 1.81 bits per heavy atom. The molecule has 4 heteroatoms. The molecule has 3 unspecified atom stereocenters. The van der Waals surface area contributed by atoms with Crippen LogP contribution in [0.2, 0.25) is 0 Å². The van der Waals surface area contributed by atoms with E-state index >= 15 is 0 Å². The van der Waals surface area contributed by atoms with Crippen LogP contribution < -0.4 is 0 Å². The smallest absolute Gasteiger partial charge is 0.309 e. The number of carboxylic acid groups (broad SMARTS) is 1. The summed E-state index contributed by atoms with van der Waals surface area (Å²) in [7, 11) is 0. The highest BCUT2D eigenvalue weighted by molar-refractivity contribution is 5.73. The monoisotopic (exact) mass is 230 g/mol. The van der Waals surface area contributed by atoms with E-state index in [9.17, 15) is 9.59 Å². The lowest BCUT2D eigenvalue weighted by Crippen LogP contribution is -2.28. The van der Waals surface area contributed by atoms with E-state index in [2.05, 4.69) is 0 Å². The molecular weight excluding hydrogens is 208 g/mol. The number of carboxylic acids is 1. The number of hydrogen-bond donors (Lipinski definition) is 1. The van der Waals surface area contributed by atoms with Crippen LogP contribution in [0.25, 0.3) is 0 Å². The Labute approximate surface area is 97.0 Å². The number of carbonyl (C=O) groups is 2. The minimum Gasteiger partial charge on any atom is -0.481 e. The first-order valence-corrected chi connectivity index (χ1v) is 5.82. The van der Waals surface area contributed by atoms with E-state index in [1.54, 1.807) is 6.92 Å². The zero-order chi connectivity index (χ0) is 12.7.